The fourth-order valence-corrected chi connectivity index (χ4v) is 4.51. The molecule has 36 heavy (non-hydrogen) atoms. The van der Waals surface area contributed by atoms with Gasteiger partial charge in [-0.25, -0.2) is 22.0 Å². The van der Waals surface area contributed by atoms with Crippen LogP contribution in [-0.4, -0.2) is 35.6 Å². The van der Waals surface area contributed by atoms with E-state index in [0.29, 0.717) is 22.8 Å². The molecular weight excluding hydrogens is 496 g/mol. The lowest BCUT2D eigenvalue weighted by molar-refractivity contribution is 0.139. The number of anilines is 1. The van der Waals surface area contributed by atoms with Gasteiger partial charge in [-0.3, -0.25) is 9.52 Å². The molecule has 0 aliphatic carbocycles. The quantitative estimate of drug-likeness (QED) is 0.510. The lowest BCUT2D eigenvalue weighted by Crippen LogP contribution is -2.39. The number of benzene rings is 2. The summed E-state index contributed by atoms with van der Waals surface area (Å²) in [6.07, 6.45) is 0.566. The molecule has 1 amide bonds. The van der Waals surface area contributed by atoms with Crippen LogP contribution in [0.25, 0.3) is 11.1 Å². The van der Waals surface area contributed by atoms with Crippen molar-refractivity contribution in [3.05, 3.63) is 87.7 Å². The number of halogens is 2. The monoisotopic (exact) mass is 517 g/mol. The van der Waals surface area contributed by atoms with Gasteiger partial charge in [0.1, 0.15) is 11.6 Å². The summed E-state index contributed by atoms with van der Waals surface area (Å²) in [7, 11) is -2.36. The first-order chi connectivity index (χ1) is 17.0. The second-order valence-corrected chi connectivity index (χ2v) is 9.70. The molecule has 2 heterocycles. The Hall–Kier alpha value is -4.19. The van der Waals surface area contributed by atoms with Crippen LogP contribution in [0.2, 0.25) is 0 Å². The van der Waals surface area contributed by atoms with Crippen molar-refractivity contribution >= 4 is 21.8 Å². The second-order valence-electron chi connectivity index (χ2n) is 8.07. The minimum Gasteiger partial charge on any atom is -0.465 e. The van der Waals surface area contributed by atoms with E-state index < -0.39 is 27.8 Å². The Bertz CT molecular complexity index is 1550. The van der Waals surface area contributed by atoms with Crippen LogP contribution in [-0.2, 0) is 30.0 Å². The van der Waals surface area contributed by atoms with Gasteiger partial charge in [0.05, 0.1) is 6.54 Å². The zero-order valence-electron chi connectivity index (χ0n) is 19.0. The number of nitrogens with one attached hydrogen (secondary N) is 1. The Morgan fingerprint density at radius 3 is 2.53 bits per heavy atom. The number of aromatic nitrogens is 1. The van der Waals surface area contributed by atoms with E-state index in [9.17, 15) is 31.9 Å². The van der Waals surface area contributed by atoms with E-state index in [1.54, 1.807) is 0 Å². The van der Waals surface area contributed by atoms with Gasteiger partial charge in [0, 0.05) is 53.6 Å². The third-order valence-electron chi connectivity index (χ3n) is 5.70. The smallest absolute Gasteiger partial charge is 0.407 e. The maximum Gasteiger partial charge on any atom is 0.407 e. The highest BCUT2D eigenvalue weighted by Gasteiger charge is 2.27. The zero-order chi connectivity index (χ0) is 26.2. The molecule has 0 saturated heterocycles. The van der Waals surface area contributed by atoms with Crippen LogP contribution in [0.4, 0.5) is 19.3 Å². The molecule has 1 aliphatic heterocycles. The molecule has 0 fully saturated rings. The topological polar surface area (TPSA) is 118 Å². The van der Waals surface area contributed by atoms with Crippen LogP contribution in [0.3, 0.4) is 0 Å². The summed E-state index contributed by atoms with van der Waals surface area (Å²) in [4.78, 5) is 25.4. The Morgan fingerprint density at radius 1 is 1.14 bits per heavy atom. The first-order valence-electron chi connectivity index (χ1n) is 10.6. The first-order valence-corrected chi connectivity index (χ1v) is 12.2. The number of rotatable bonds is 6. The fraction of sp³-hybridized carbons (Fsp3) is 0.167. The number of ether oxygens (including phenoxy) is 1. The van der Waals surface area contributed by atoms with Crippen molar-refractivity contribution in [2.24, 2.45) is 7.05 Å². The van der Waals surface area contributed by atoms with Crippen molar-refractivity contribution in [1.29, 1.82) is 0 Å². The highest BCUT2D eigenvalue weighted by Crippen LogP contribution is 2.39. The summed E-state index contributed by atoms with van der Waals surface area (Å²) in [6.45, 7) is 3.27. The maximum absolute atomic E-state index is 14.4. The van der Waals surface area contributed by atoms with E-state index in [1.165, 1.54) is 36.0 Å². The molecule has 1 aromatic heterocycles. The van der Waals surface area contributed by atoms with Crippen LogP contribution >= 0.6 is 0 Å². The summed E-state index contributed by atoms with van der Waals surface area (Å²) < 4.78 is 61.2. The molecule has 1 aliphatic rings. The summed E-state index contributed by atoms with van der Waals surface area (Å²) in [5.41, 5.74) is 1.36. The molecule has 9 nitrogen and oxygen atoms in total. The summed E-state index contributed by atoms with van der Waals surface area (Å²) in [5.74, 6) is -1.90. The van der Waals surface area contributed by atoms with Gasteiger partial charge in [-0.2, -0.15) is 0 Å². The number of fused-ring (bicyclic) bond motifs is 1. The lowest BCUT2D eigenvalue weighted by atomic mass is 9.92. The lowest BCUT2D eigenvalue weighted by Gasteiger charge is -2.28. The minimum absolute atomic E-state index is 0.101. The van der Waals surface area contributed by atoms with E-state index in [1.807, 2.05) is 0 Å². The summed E-state index contributed by atoms with van der Waals surface area (Å²) in [5, 5.41) is 10.1. The molecular formula is C24H21F2N3O6S. The average molecular weight is 518 g/mol. The fourth-order valence-electron chi connectivity index (χ4n) is 3.97. The van der Waals surface area contributed by atoms with Gasteiger partial charge >= 0.3 is 6.09 Å². The Kier molecular flexibility index (Phi) is 6.55. The van der Waals surface area contributed by atoms with Gasteiger partial charge in [-0.05, 0) is 42.3 Å². The number of carboxylic acid groups (broad SMARTS) is 1. The third-order valence-corrected chi connectivity index (χ3v) is 6.66. The van der Waals surface area contributed by atoms with Gasteiger partial charge in [0.25, 0.3) is 15.6 Å². The van der Waals surface area contributed by atoms with Crippen molar-refractivity contribution in [1.82, 2.24) is 9.47 Å². The molecule has 0 radical (unpaired) electrons. The van der Waals surface area contributed by atoms with Crippen molar-refractivity contribution in [3.63, 3.8) is 0 Å². The van der Waals surface area contributed by atoms with Gasteiger partial charge in [-0.1, -0.05) is 6.58 Å². The number of nitrogens with zero attached hydrogens (tertiary/aromatic N) is 2. The van der Waals surface area contributed by atoms with E-state index in [-0.39, 0.29) is 47.8 Å². The van der Waals surface area contributed by atoms with Crippen LogP contribution < -0.4 is 15.0 Å². The van der Waals surface area contributed by atoms with Gasteiger partial charge in [0.2, 0.25) is 0 Å². The Balaban J connectivity index is 1.91. The predicted molar refractivity (Wildman–Crippen MR) is 128 cm³/mol. The Morgan fingerprint density at radius 2 is 1.86 bits per heavy atom. The van der Waals surface area contributed by atoms with E-state index >= 15 is 0 Å². The molecule has 0 unspecified atom stereocenters. The molecule has 2 N–H and O–H groups in total. The largest absolute Gasteiger partial charge is 0.465 e. The van der Waals surface area contributed by atoms with Gasteiger partial charge in [0.15, 0.2) is 11.6 Å². The summed E-state index contributed by atoms with van der Waals surface area (Å²) >= 11 is 0. The number of pyridine rings is 1. The van der Waals surface area contributed by atoms with Gasteiger partial charge < -0.3 is 19.3 Å². The minimum atomic E-state index is -3.86. The van der Waals surface area contributed by atoms with Crippen LogP contribution in [0.1, 0.15) is 11.1 Å². The third kappa shape index (κ3) is 4.93. The van der Waals surface area contributed by atoms with Crippen LogP contribution in [0, 0.1) is 11.6 Å². The number of carbonyl (C=O) groups is 1. The number of sulfonamides is 1. The standard InChI is InChI=1S/C24H21F2N3O6S/c1-3-36(33,34)27-15-5-7-21(35-22-6-4-14(25)10-20(22)26)17(11-15)18-12-28(2)23(30)19-13-29(24(31)32)9-8-16(18)19/h3-7,10-12,27H,1,8-9,13H2,2H3,(H,31,32). The molecule has 0 saturated carbocycles. The SMILES string of the molecule is C=CS(=O)(=O)Nc1ccc(Oc2ccc(F)cc2F)c(-c2cn(C)c(=O)c3c2CCN(C(=O)O)C3)c1. The predicted octanol–water partition coefficient (Wildman–Crippen LogP) is 4.04. The molecule has 0 atom stereocenters. The van der Waals surface area contributed by atoms with Crippen LogP contribution in [0.15, 0.2) is 59.4 Å². The molecule has 4 rings (SSSR count). The summed E-state index contributed by atoms with van der Waals surface area (Å²) in [6, 6.07) is 7.05. The molecule has 3 aromatic rings. The van der Waals surface area contributed by atoms with Crippen LogP contribution in [0.5, 0.6) is 11.5 Å². The number of aryl methyl sites for hydroxylation is 1. The van der Waals surface area contributed by atoms with E-state index in [4.69, 9.17) is 4.74 Å². The first kappa shape index (κ1) is 24.9. The van der Waals surface area contributed by atoms with Crippen molar-refractivity contribution in [2.45, 2.75) is 13.0 Å². The highest BCUT2D eigenvalue weighted by atomic mass is 32.2. The van der Waals surface area contributed by atoms with E-state index in [0.717, 1.165) is 22.4 Å². The van der Waals surface area contributed by atoms with Crippen molar-refractivity contribution < 1.29 is 31.8 Å². The number of hydrogen-bond acceptors (Lipinski definition) is 5. The average Bonchev–Trinajstić information content (AvgIpc) is 2.83. The molecule has 0 bridgehead atoms. The normalized spacial score (nSPS) is 13.1. The second kappa shape index (κ2) is 9.46. The van der Waals surface area contributed by atoms with Crippen molar-refractivity contribution in [3.8, 4) is 22.6 Å². The van der Waals surface area contributed by atoms with Gasteiger partial charge in [-0.15, -0.1) is 0 Å². The maximum atomic E-state index is 14.4. The molecule has 0 spiro atoms. The Labute approximate surface area is 204 Å². The molecule has 188 valence electrons. The van der Waals surface area contributed by atoms with E-state index in [2.05, 4.69) is 11.3 Å². The molecule has 2 aromatic carbocycles. The molecule has 12 heteroatoms. The zero-order valence-corrected chi connectivity index (χ0v) is 19.8. The number of amides is 1. The highest BCUT2D eigenvalue weighted by molar-refractivity contribution is 7.95. The number of hydrogen-bond donors (Lipinski definition) is 2. The van der Waals surface area contributed by atoms with Crippen molar-refractivity contribution in [2.75, 3.05) is 11.3 Å².